The number of hydrogen-bond acceptors (Lipinski definition) is 2. The van der Waals surface area contributed by atoms with Crippen molar-refractivity contribution >= 4 is 6.21 Å². The quantitative estimate of drug-likeness (QED) is 0.765. The molecule has 0 aliphatic rings. The van der Waals surface area contributed by atoms with Crippen LogP contribution in [0.5, 0.6) is 5.75 Å². The summed E-state index contributed by atoms with van der Waals surface area (Å²) in [6, 6.07) is 12.5. The standard InChI is InChI=1S/C16H14F3NO/c1-21-14-9-7-13(8-10-14)15(16(17,18)19)20-11-12-5-3-2-4-6-12/h2-11,15H,1H3. The fourth-order valence-corrected chi connectivity index (χ4v) is 1.85. The van der Waals surface area contributed by atoms with Gasteiger partial charge in [-0.3, -0.25) is 4.99 Å². The van der Waals surface area contributed by atoms with Gasteiger partial charge in [0, 0.05) is 6.21 Å². The molecule has 0 saturated heterocycles. The molecule has 0 spiro atoms. The van der Waals surface area contributed by atoms with Gasteiger partial charge in [-0.05, 0) is 23.3 Å². The van der Waals surface area contributed by atoms with E-state index in [9.17, 15) is 13.2 Å². The first kappa shape index (κ1) is 15.1. The molecular formula is C16H14F3NO. The lowest BCUT2D eigenvalue weighted by molar-refractivity contribution is -0.148. The van der Waals surface area contributed by atoms with Crippen LogP contribution in [0.25, 0.3) is 0 Å². The van der Waals surface area contributed by atoms with Crippen molar-refractivity contribution in [3.8, 4) is 5.75 Å². The number of rotatable bonds is 4. The number of ether oxygens (including phenoxy) is 1. The van der Waals surface area contributed by atoms with Gasteiger partial charge in [0.2, 0.25) is 0 Å². The molecule has 2 aromatic rings. The number of nitrogens with zero attached hydrogens (tertiary/aromatic N) is 1. The van der Waals surface area contributed by atoms with Crippen LogP contribution in [0.4, 0.5) is 13.2 Å². The highest BCUT2D eigenvalue weighted by atomic mass is 19.4. The van der Waals surface area contributed by atoms with Gasteiger partial charge in [0.25, 0.3) is 0 Å². The molecule has 2 nitrogen and oxygen atoms in total. The Morgan fingerprint density at radius 2 is 1.62 bits per heavy atom. The second kappa shape index (κ2) is 6.43. The molecule has 0 saturated carbocycles. The highest BCUT2D eigenvalue weighted by Crippen LogP contribution is 2.36. The SMILES string of the molecule is COc1ccc(C(N=Cc2ccccc2)C(F)(F)F)cc1. The molecule has 1 unspecified atom stereocenters. The van der Waals surface area contributed by atoms with Crippen molar-refractivity contribution < 1.29 is 17.9 Å². The normalized spacial score (nSPS) is 13.3. The van der Waals surface area contributed by atoms with Crippen molar-refractivity contribution in [2.75, 3.05) is 7.11 Å². The van der Waals surface area contributed by atoms with Crippen LogP contribution >= 0.6 is 0 Å². The Kier molecular flexibility index (Phi) is 4.62. The molecule has 1 atom stereocenters. The maximum Gasteiger partial charge on any atom is 0.414 e. The summed E-state index contributed by atoms with van der Waals surface area (Å²) >= 11 is 0. The Hall–Kier alpha value is -2.30. The van der Waals surface area contributed by atoms with Gasteiger partial charge in [0.05, 0.1) is 7.11 Å². The maximum atomic E-state index is 13.1. The van der Waals surface area contributed by atoms with Crippen LogP contribution in [0.2, 0.25) is 0 Å². The van der Waals surface area contributed by atoms with Gasteiger partial charge in [0.1, 0.15) is 5.75 Å². The first-order valence-corrected chi connectivity index (χ1v) is 6.29. The molecular weight excluding hydrogens is 279 g/mol. The number of alkyl halides is 3. The van der Waals surface area contributed by atoms with Gasteiger partial charge < -0.3 is 4.74 Å². The molecule has 0 amide bonds. The minimum Gasteiger partial charge on any atom is -0.497 e. The lowest BCUT2D eigenvalue weighted by Gasteiger charge is -2.17. The molecule has 2 rings (SSSR count). The average molecular weight is 293 g/mol. The van der Waals surface area contributed by atoms with Crippen LogP contribution in [-0.2, 0) is 0 Å². The Morgan fingerprint density at radius 3 is 2.14 bits per heavy atom. The molecule has 2 aromatic carbocycles. The van der Waals surface area contributed by atoms with Gasteiger partial charge >= 0.3 is 6.18 Å². The molecule has 0 aromatic heterocycles. The van der Waals surface area contributed by atoms with Crippen LogP contribution in [0.15, 0.2) is 59.6 Å². The zero-order valence-electron chi connectivity index (χ0n) is 11.3. The van der Waals surface area contributed by atoms with E-state index in [0.29, 0.717) is 11.3 Å². The van der Waals surface area contributed by atoms with Gasteiger partial charge in [-0.2, -0.15) is 13.2 Å². The van der Waals surface area contributed by atoms with Crippen LogP contribution in [0.3, 0.4) is 0 Å². The third-order valence-electron chi connectivity index (χ3n) is 2.91. The average Bonchev–Trinajstić information content (AvgIpc) is 2.48. The van der Waals surface area contributed by atoms with E-state index in [0.717, 1.165) is 0 Å². The predicted octanol–water partition coefficient (Wildman–Crippen LogP) is 4.42. The van der Waals surface area contributed by atoms with E-state index in [1.165, 1.54) is 37.6 Å². The Bertz CT molecular complexity index is 591. The fraction of sp³-hybridized carbons (Fsp3) is 0.188. The molecule has 0 N–H and O–H groups in total. The summed E-state index contributed by atoms with van der Waals surface area (Å²) in [6.45, 7) is 0. The molecule has 110 valence electrons. The minimum atomic E-state index is -4.44. The van der Waals surface area contributed by atoms with Crippen molar-refractivity contribution in [3.05, 3.63) is 65.7 Å². The topological polar surface area (TPSA) is 21.6 Å². The second-order valence-corrected chi connectivity index (χ2v) is 4.41. The number of halogens is 3. The molecule has 0 aliphatic carbocycles. The summed E-state index contributed by atoms with van der Waals surface area (Å²) in [6.07, 6.45) is -3.21. The molecule has 0 fully saturated rings. The van der Waals surface area contributed by atoms with E-state index in [2.05, 4.69) is 4.99 Å². The third-order valence-corrected chi connectivity index (χ3v) is 2.91. The summed E-state index contributed by atoms with van der Waals surface area (Å²) in [5.74, 6) is 0.506. The summed E-state index contributed by atoms with van der Waals surface area (Å²) in [4.78, 5) is 3.70. The molecule has 0 aliphatic heterocycles. The van der Waals surface area contributed by atoms with Crippen LogP contribution in [0, 0.1) is 0 Å². The van der Waals surface area contributed by atoms with E-state index in [1.807, 2.05) is 0 Å². The maximum absolute atomic E-state index is 13.1. The summed E-state index contributed by atoms with van der Waals surface area (Å²) < 4.78 is 44.4. The summed E-state index contributed by atoms with van der Waals surface area (Å²) in [7, 11) is 1.46. The zero-order chi connectivity index (χ0) is 15.3. The van der Waals surface area contributed by atoms with Gasteiger partial charge in [-0.1, -0.05) is 42.5 Å². The molecule has 5 heteroatoms. The summed E-state index contributed by atoms with van der Waals surface area (Å²) in [5, 5.41) is 0. The zero-order valence-corrected chi connectivity index (χ0v) is 11.3. The predicted molar refractivity (Wildman–Crippen MR) is 75.8 cm³/mol. The molecule has 0 radical (unpaired) electrons. The van der Waals surface area contributed by atoms with Crippen molar-refractivity contribution in [2.45, 2.75) is 12.2 Å². The monoisotopic (exact) mass is 293 g/mol. The van der Waals surface area contributed by atoms with Crippen LogP contribution in [0.1, 0.15) is 17.2 Å². The first-order chi connectivity index (χ1) is 10.0. The van der Waals surface area contributed by atoms with Gasteiger partial charge in [-0.15, -0.1) is 0 Å². The largest absolute Gasteiger partial charge is 0.497 e. The van der Waals surface area contributed by atoms with E-state index in [4.69, 9.17) is 4.74 Å². The smallest absolute Gasteiger partial charge is 0.414 e. The minimum absolute atomic E-state index is 0.0791. The fourth-order valence-electron chi connectivity index (χ4n) is 1.85. The van der Waals surface area contributed by atoms with Crippen molar-refractivity contribution in [2.24, 2.45) is 4.99 Å². The lowest BCUT2D eigenvalue weighted by atomic mass is 10.1. The first-order valence-electron chi connectivity index (χ1n) is 6.29. The Labute approximate surface area is 120 Å². The van der Waals surface area contributed by atoms with E-state index >= 15 is 0 Å². The van der Waals surface area contributed by atoms with E-state index in [1.54, 1.807) is 30.3 Å². The number of benzene rings is 2. The van der Waals surface area contributed by atoms with Gasteiger partial charge in [-0.25, -0.2) is 0 Å². The Morgan fingerprint density at radius 1 is 1.00 bits per heavy atom. The Balaban J connectivity index is 2.28. The van der Waals surface area contributed by atoms with Gasteiger partial charge in [0.15, 0.2) is 6.04 Å². The highest BCUT2D eigenvalue weighted by molar-refractivity contribution is 5.79. The van der Waals surface area contributed by atoms with E-state index < -0.39 is 12.2 Å². The lowest BCUT2D eigenvalue weighted by Crippen LogP contribution is -2.19. The molecule has 21 heavy (non-hydrogen) atoms. The van der Waals surface area contributed by atoms with Crippen molar-refractivity contribution in [1.82, 2.24) is 0 Å². The highest BCUT2D eigenvalue weighted by Gasteiger charge is 2.40. The van der Waals surface area contributed by atoms with Crippen LogP contribution < -0.4 is 4.74 Å². The second-order valence-electron chi connectivity index (χ2n) is 4.41. The molecule has 0 bridgehead atoms. The van der Waals surface area contributed by atoms with Crippen molar-refractivity contribution in [1.29, 1.82) is 0 Å². The van der Waals surface area contributed by atoms with Crippen molar-refractivity contribution in [3.63, 3.8) is 0 Å². The van der Waals surface area contributed by atoms with E-state index in [-0.39, 0.29) is 5.56 Å². The number of methoxy groups -OCH3 is 1. The molecule has 0 heterocycles. The number of hydrogen-bond donors (Lipinski definition) is 0. The summed E-state index contributed by atoms with van der Waals surface area (Å²) in [5.41, 5.74) is 0.704. The van der Waals surface area contributed by atoms with Crippen LogP contribution in [-0.4, -0.2) is 19.5 Å². The number of aliphatic imine (C=N–C) groups is 1. The third kappa shape index (κ3) is 4.08.